The molecule has 2 atom stereocenters. The number of ketones is 1. The Morgan fingerprint density at radius 3 is 2.50 bits per heavy atom. The Bertz CT molecular complexity index is 1170. The molecule has 1 N–H and O–H groups in total. The number of rotatable bonds is 7. The molecule has 1 aromatic heterocycles. The molecule has 2 aliphatic rings. The van der Waals surface area contributed by atoms with Crippen molar-refractivity contribution < 1.29 is 28.2 Å². The molecule has 0 spiro atoms. The molecule has 7 heteroatoms. The highest BCUT2D eigenvalue weighted by atomic mass is 16.5. The van der Waals surface area contributed by atoms with Crippen molar-refractivity contribution >= 4 is 11.8 Å². The summed E-state index contributed by atoms with van der Waals surface area (Å²) in [6.45, 7) is 5.96. The summed E-state index contributed by atoms with van der Waals surface area (Å²) in [6, 6.07) is 9.44. The Hall–Kier alpha value is -3.48. The number of methoxy groups -OCH3 is 2. The summed E-state index contributed by atoms with van der Waals surface area (Å²) in [5.41, 5.74) is 3.51. The van der Waals surface area contributed by atoms with E-state index in [4.69, 9.17) is 18.6 Å². The van der Waals surface area contributed by atoms with E-state index in [1.165, 1.54) is 0 Å². The summed E-state index contributed by atoms with van der Waals surface area (Å²) >= 11 is 0. The number of furan rings is 1. The minimum atomic E-state index is -0.590. The fourth-order valence-electron chi connectivity index (χ4n) is 4.82. The van der Waals surface area contributed by atoms with Gasteiger partial charge in [-0.2, -0.15) is 0 Å². The molecule has 1 aromatic carbocycles. The quantitative estimate of drug-likeness (QED) is 0.581. The summed E-state index contributed by atoms with van der Waals surface area (Å²) in [5.74, 6) is 1.52. The van der Waals surface area contributed by atoms with Crippen molar-refractivity contribution in [3.63, 3.8) is 0 Å². The van der Waals surface area contributed by atoms with Crippen LogP contribution in [0.4, 0.5) is 0 Å². The first-order valence-electron chi connectivity index (χ1n) is 11.6. The van der Waals surface area contributed by atoms with Gasteiger partial charge in [-0.3, -0.25) is 4.79 Å². The van der Waals surface area contributed by atoms with Gasteiger partial charge >= 0.3 is 5.97 Å². The molecule has 0 saturated heterocycles. The van der Waals surface area contributed by atoms with E-state index < -0.39 is 11.9 Å². The number of nitrogens with one attached hydrogen (secondary N) is 1. The first kappa shape index (κ1) is 23.7. The number of dihydropyridines is 1. The van der Waals surface area contributed by atoms with Crippen LogP contribution in [0.25, 0.3) is 0 Å². The highest BCUT2D eigenvalue weighted by Gasteiger charge is 2.42. The average molecular weight is 466 g/mol. The van der Waals surface area contributed by atoms with Crippen LogP contribution >= 0.6 is 0 Å². The van der Waals surface area contributed by atoms with E-state index in [1.807, 2.05) is 51.1 Å². The molecule has 0 unspecified atom stereocenters. The zero-order valence-electron chi connectivity index (χ0n) is 20.3. The molecule has 0 fully saturated rings. The molecule has 7 nitrogen and oxygen atoms in total. The number of esters is 1. The SMILES string of the molecule is CCCOC(=O)C1=C(C)NC2=C(C(=O)C[C@@H](c3ccc(OC)c(OC)c3)C2)[C@H]1c1ccc(C)o1. The molecule has 2 heterocycles. The molecule has 2 aromatic rings. The third-order valence-electron chi connectivity index (χ3n) is 6.41. The summed E-state index contributed by atoms with van der Waals surface area (Å²) in [6.07, 6.45) is 1.67. The monoisotopic (exact) mass is 465 g/mol. The second-order valence-corrected chi connectivity index (χ2v) is 8.72. The second-order valence-electron chi connectivity index (χ2n) is 8.72. The van der Waals surface area contributed by atoms with Crippen molar-refractivity contribution in [1.82, 2.24) is 5.32 Å². The Labute approximate surface area is 199 Å². The largest absolute Gasteiger partial charge is 0.493 e. The van der Waals surface area contributed by atoms with Crippen LogP contribution in [0.5, 0.6) is 11.5 Å². The van der Waals surface area contributed by atoms with Crippen molar-refractivity contribution in [3.8, 4) is 11.5 Å². The maximum absolute atomic E-state index is 13.6. The van der Waals surface area contributed by atoms with E-state index in [9.17, 15) is 9.59 Å². The molecular formula is C27H31NO6. The molecular weight excluding hydrogens is 434 g/mol. The van der Waals surface area contributed by atoms with Crippen LogP contribution in [0.15, 0.2) is 57.3 Å². The molecule has 1 aliphatic carbocycles. The second kappa shape index (κ2) is 9.79. The summed E-state index contributed by atoms with van der Waals surface area (Å²) in [7, 11) is 3.19. The third-order valence-corrected chi connectivity index (χ3v) is 6.41. The minimum absolute atomic E-state index is 0.0131. The van der Waals surface area contributed by atoms with Crippen LogP contribution in [0.3, 0.4) is 0 Å². The van der Waals surface area contributed by atoms with Gasteiger partial charge in [-0.05, 0) is 62.4 Å². The van der Waals surface area contributed by atoms with Crippen LogP contribution in [0, 0.1) is 6.92 Å². The first-order valence-corrected chi connectivity index (χ1v) is 11.6. The Morgan fingerprint density at radius 1 is 1.09 bits per heavy atom. The van der Waals surface area contributed by atoms with Gasteiger partial charge < -0.3 is 23.9 Å². The fraction of sp³-hybridized carbons (Fsp3) is 0.407. The normalized spacial score (nSPS) is 20.1. The Balaban J connectivity index is 1.74. The van der Waals surface area contributed by atoms with Crippen molar-refractivity contribution in [2.24, 2.45) is 0 Å². The fourth-order valence-corrected chi connectivity index (χ4v) is 4.82. The van der Waals surface area contributed by atoms with Gasteiger partial charge in [0.05, 0.1) is 32.3 Å². The molecule has 0 amide bonds. The number of hydrogen-bond acceptors (Lipinski definition) is 7. The molecule has 4 rings (SSSR count). The number of allylic oxidation sites excluding steroid dienone is 3. The maximum atomic E-state index is 13.6. The first-order chi connectivity index (χ1) is 16.4. The topological polar surface area (TPSA) is 87.0 Å². The zero-order chi connectivity index (χ0) is 24.4. The van der Waals surface area contributed by atoms with Crippen LogP contribution in [-0.2, 0) is 14.3 Å². The van der Waals surface area contributed by atoms with Crippen molar-refractivity contribution in [2.75, 3.05) is 20.8 Å². The minimum Gasteiger partial charge on any atom is -0.493 e. The highest BCUT2D eigenvalue weighted by molar-refractivity contribution is 6.04. The number of hydrogen-bond donors (Lipinski definition) is 1. The number of ether oxygens (including phenoxy) is 3. The van der Waals surface area contributed by atoms with Crippen molar-refractivity contribution in [1.29, 1.82) is 0 Å². The lowest BCUT2D eigenvalue weighted by Crippen LogP contribution is -2.36. The van der Waals surface area contributed by atoms with Gasteiger partial charge in [0.25, 0.3) is 0 Å². The molecule has 0 bridgehead atoms. The molecule has 0 radical (unpaired) electrons. The van der Waals surface area contributed by atoms with Gasteiger partial charge in [0.1, 0.15) is 11.5 Å². The lowest BCUT2D eigenvalue weighted by molar-refractivity contribution is -0.139. The van der Waals surface area contributed by atoms with E-state index in [1.54, 1.807) is 14.2 Å². The predicted molar refractivity (Wildman–Crippen MR) is 127 cm³/mol. The maximum Gasteiger partial charge on any atom is 0.336 e. The van der Waals surface area contributed by atoms with Crippen molar-refractivity contribution in [2.45, 2.75) is 51.9 Å². The van der Waals surface area contributed by atoms with Crippen LogP contribution in [-0.4, -0.2) is 32.6 Å². The zero-order valence-corrected chi connectivity index (χ0v) is 20.3. The number of benzene rings is 1. The molecule has 1 aliphatic heterocycles. The Kier molecular flexibility index (Phi) is 6.82. The van der Waals surface area contributed by atoms with E-state index in [2.05, 4.69) is 5.32 Å². The highest BCUT2D eigenvalue weighted by Crippen LogP contribution is 2.46. The van der Waals surface area contributed by atoms with Crippen LogP contribution in [0.2, 0.25) is 0 Å². The van der Waals surface area contributed by atoms with Gasteiger partial charge in [0.15, 0.2) is 17.3 Å². The van der Waals surface area contributed by atoms with Crippen LogP contribution in [0.1, 0.15) is 62.0 Å². The van der Waals surface area contributed by atoms with Gasteiger partial charge in [0, 0.05) is 23.4 Å². The number of Topliss-reactive ketones (excluding diaryl/α,β-unsaturated/α-hetero) is 1. The van der Waals surface area contributed by atoms with E-state index in [0.717, 1.165) is 23.4 Å². The smallest absolute Gasteiger partial charge is 0.336 e. The summed E-state index contributed by atoms with van der Waals surface area (Å²) in [4.78, 5) is 26.6. The van der Waals surface area contributed by atoms with E-state index in [0.29, 0.717) is 53.6 Å². The molecule has 0 saturated carbocycles. The molecule has 180 valence electrons. The van der Waals surface area contributed by atoms with Gasteiger partial charge in [0.2, 0.25) is 0 Å². The third kappa shape index (κ3) is 4.34. The standard InChI is InChI=1S/C27H31NO6/c1-6-11-33-27(30)24-16(3)28-19-12-18(17-8-10-21(31-4)23(14-17)32-5)13-20(29)25(19)26(24)22-9-7-15(2)34-22/h7-10,14,18,26,28H,6,11-13H2,1-5H3/t18-,26-/m0/s1. The van der Waals surface area contributed by atoms with E-state index >= 15 is 0 Å². The van der Waals surface area contributed by atoms with Crippen molar-refractivity contribution in [3.05, 3.63) is 70.0 Å². The number of carbonyl (C=O) groups is 2. The van der Waals surface area contributed by atoms with Gasteiger partial charge in [-0.15, -0.1) is 0 Å². The lowest BCUT2D eigenvalue weighted by Gasteiger charge is -2.35. The van der Waals surface area contributed by atoms with Gasteiger partial charge in [-0.1, -0.05) is 13.0 Å². The predicted octanol–water partition coefficient (Wildman–Crippen LogP) is 4.92. The summed E-state index contributed by atoms with van der Waals surface area (Å²) in [5, 5.41) is 3.35. The Morgan fingerprint density at radius 2 is 1.85 bits per heavy atom. The van der Waals surface area contributed by atoms with Crippen LogP contribution < -0.4 is 14.8 Å². The van der Waals surface area contributed by atoms with Gasteiger partial charge in [-0.25, -0.2) is 4.79 Å². The lowest BCUT2D eigenvalue weighted by atomic mass is 9.73. The average Bonchev–Trinajstić information content (AvgIpc) is 3.26. The molecule has 34 heavy (non-hydrogen) atoms. The van der Waals surface area contributed by atoms with E-state index in [-0.39, 0.29) is 11.7 Å². The summed E-state index contributed by atoms with van der Waals surface area (Å²) < 4.78 is 22.2. The number of aryl methyl sites for hydroxylation is 1. The number of carbonyl (C=O) groups excluding carboxylic acids is 2.